The third kappa shape index (κ3) is 3.15. The second-order valence-corrected chi connectivity index (χ2v) is 6.64. The van der Waals surface area contributed by atoms with Crippen LogP contribution < -0.4 is 4.90 Å². The van der Waals surface area contributed by atoms with Crippen LogP contribution in [0.25, 0.3) is 11.4 Å². The molecular weight excluding hydrogens is 338 g/mol. The van der Waals surface area contributed by atoms with E-state index >= 15 is 0 Å². The molecule has 1 saturated heterocycles. The van der Waals surface area contributed by atoms with Gasteiger partial charge in [-0.2, -0.15) is 4.98 Å². The lowest BCUT2D eigenvalue weighted by Crippen LogP contribution is -2.24. The van der Waals surface area contributed by atoms with E-state index < -0.39 is 0 Å². The molecule has 1 aromatic heterocycles. The molecule has 6 heteroatoms. The molecule has 0 radical (unpaired) electrons. The van der Waals surface area contributed by atoms with E-state index in [4.69, 9.17) is 16.1 Å². The van der Waals surface area contributed by atoms with E-state index in [-0.39, 0.29) is 11.8 Å². The van der Waals surface area contributed by atoms with E-state index in [2.05, 4.69) is 10.1 Å². The van der Waals surface area contributed by atoms with Crippen LogP contribution in [0.15, 0.2) is 53.1 Å². The van der Waals surface area contributed by atoms with Gasteiger partial charge < -0.3 is 9.42 Å². The number of amides is 1. The van der Waals surface area contributed by atoms with Crippen LogP contribution in [0.3, 0.4) is 0 Å². The van der Waals surface area contributed by atoms with Gasteiger partial charge in [0.2, 0.25) is 17.6 Å². The van der Waals surface area contributed by atoms with Crippen molar-refractivity contribution in [2.24, 2.45) is 0 Å². The molecule has 0 aliphatic carbocycles. The minimum Gasteiger partial charge on any atom is -0.339 e. The zero-order valence-corrected chi connectivity index (χ0v) is 14.4. The fraction of sp³-hybridized carbons (Fsp3) is 0.211. The van der Waals surface area contributed by atoms with Crippen LogP contribution in [0.2, 0.25) is 5.02 Å². The molecule has 1 amide bonds. The van der Waals surface area contributed by atoms with Gasteiger partial charge in [0.05, 0.1) is 5.92 Å². The first-order valence-electron chi connectivity index (χ1n) is 8.07. The molecule has 126 valence electrons. The number of benzene rings is 2. The number of carbonyl (C=O) groups is 1. The van der Waals surface area contributed by atoms with Gasteiger partial charge in [0.1, 0.15) is 0 Å². The third-order valence-electron chi connectivity index (χ3n) is 4.36. The first-order valence-corrected chi connectivity index (χ1v) is 8.44. The molecule has 1 aliphatic heterocycles. The monoisotopic (exact) mass is 353 g/mol. The van der Waals surface area contributed by atoms with Crippen molar-refractivity contribution in [1.29, 1.82) is 0 Å². The number of hydrogen-bond donors (Lipinski definition) is 0. The van der Waals surface area contributed by atoms with Gasteiger partial charge in [-0.25, -0.2) is 0 Å². The summed E-state index contributed by atoms with van der Waals surface area (Å²) in [6, 6.07) is 15.2. The van der Waals surface area contributed by atoms with Crippen molar-refractivity contribution in [2.75, 3.05) is 11.4 Å². The van der Waals surface area contributed by atoms with E-state index in [9.17, 15) is 4.79 Å². The number of aromatic nitrogens is 2. The van der Waals surface area contributed by atoms with Gasteiger partial charge in [-0.3, -0.25) is 4.79 Å². The largest absolute Gasteiger partial charge is 0.339 e. The molecule has 2 heterocycles. The summed E-state index contributed by atoms with van der Waals surface area (Å²) in [4.78, 5) is 18.6. The quantitative estimate of drug-likeness (QED) is 0.707. The third-order valence-corrected chi connectivity index (χ3v) is 4.62. The summed E-state index contributed by atoms with van der Waals surface area (Å²) in [5.74, 6) is 0.975. The topological polar surface area (TPSA) is 59.2 Å². The average Bonchev–Trinajstić information content (AvgIpc) is 3.23. The standard InChI is InChI=1S/C19H16ClN3O2/c1-12-2-8-16(9-3-12)23-11-14(10-17(23)24)19-21-18(22-25-19)13-4-6-15(20)7-5-13/h2-9,14H,10-11H2,1H3. The van der Waals surface area contributed by atoms with Crippen LogP contribution in [-0.4, -0.2) is 22.6 Å². The second kappa shape index (κ2) is 6.33. The highest BCUT2D eigenvalue weighted by molar-refractivity contribution is 6.30. The van der Waals surface area contributed by atoms with E-state index in [1.807, 2.05) is 43.3 Å². The molecule has 0 spiro atoms. The summed E-state index contributed by atoms with van der Waals surface area (Å²) < 4.78 is 5.41. The first kappa shape index (κ1) is 15.8. The molecule has 4 rings (SSSR count). The van der Waals surface area contributed by atoms with Crippen molar-refractivity contribution in [3.63, 3.8) is 0 Å². The minimum atomic E-state index is -0.0950. The van der Waals surface area contributed by atoms with Gasteiger partial charge in [-0.15, -0.1) is 0 Å². The summed E-state index contributed by atoms with van der Waals surface area (Å²) >= 11 is 5.90. The number of aryl methyl sites for hydroxylation is 1. The number of carbonyl (C=O) groups excluding carboxylic acids is 1. The Morgan fingerprint density at radius 1 is 1.12 bits per heavy atom. The molecule has 0 N–H and O–H groups in total. The Bertz CT molecular complexity index is 903. The summed E-state index contributed by atoms with van der Waals surface area (Å²) in [5, 5.41) is 4.69. The lowest BCUT2D eigenvalue weighted by Gasteiger charge is -2.16. The molecule has 2 aromatic carbocycles. The molecule has 1 unspecified atom stereocenters. The highest BCUT2D eigenvalue weighted by atomic mass is 35.5. The number of anilines is 1. The fourth-order valence-corrected chi connectivity index (χ4v) is 3.09. The lowest BCUT2D eigenvalue weighted by molar-refractivity contribution is -0.117. The van der Waals surface area contributed by atoms with Gasteiger partial charge in [0.25, 0.3) is 0 Å². The highest BCUT2D eigenvalue weighted by Crippen LogP contribution is 2.32. The Morgan fingerprint density at radius 2 is 1.84 bits per heavy atom. The van der Waals surface area contributed by atoms with Gasteiger partial charge in [0.15, 0.2) is 0 Å². The second-order valence-electron chi connectivity index (χ2n) is 6.20. The Labute approximate surface area is 150 Å². The molecule has 0 saturated carbocycles. The summed E-state index contributed by atoms with van der Waals surface area (Å²) in [5.41, 5.74) is 2.89. The summed E-state index contributed by atoms with van der Waals surface area (Å²) in [6.45, 7) is 2.57. The molecule has 1 aliphatic rings. The van der Waals surface area contributed by atoms with Gasteiger partial charge in [-0.05, 0) is 43.3 Å². The smallest absolute Gasteiger partial charge is 0.232 e. The number of rotatable bonds is 3. The first-order chi connectivity index (χ1) is 12.1. The van der Waals surface area contributed by atoms with Crippen LogP contribution in [0.1, 0.15) is 23.8 Å². The van der Waals surface area contributed by atoms with Crippen molar-refractivity contribution < 1.29 is 9.32 Å². The Balaban J connectivity index is 1.54. The maximum atomic E-state index is 12.4. The van der Waals surface area contributed by atoms with E-state index in [1.165, 1.54) is 0 Å². The Morgan fingerprint density at radius 3 is 2.56 bits per heavy atom. The Kier molecular flexibility index (Phi) is 4.01. The van der Waals surface area contributed by atoms with Crippen LogP contribution in [0.5, 0.6) is 0 Å². The summed E-state index contributed by atoms with van der Waals surface area (Å²) in [7, 11) is 0. The van der Waals surface area contributed by atoms with E-state index in [1.54, 1.807) is 17.0 Å². The maximum Gasteiger partial charge on any atom is 0.232 e. The van der Waals surface area contributed by atoms with Gasteiger partial charge in [0, 0.05) is 29.2 Å². The van der Waals surface area contributed by atoms with Crippen LogP contribution in [0, 0.1) is 6.92 Å². The van der Waals surface area contributed by atoms with Crippen molar-refractivity contribution in [3.8, 4) is 11.4 Å². The number of hydrogen-bond acceptors (Lipinski definition) is 4. The van der Waals surface area contributed by atoms with Crippen molar-refractivity contribution >= 4 is 23.2 Å². The predicted molar refractivity (Wildman–Crippen MR) is 95.6 cm³/mol. The molecule has 5 nitrogen and oxygen atoms in total. The van der Waals surface area contributed by atoms with E-state index in [0.717, 1.165) is 16.8 Å². The maximum absolute atomic E-state index is 12.4. The van der Waals surface area contributed by atoms with Crippen molar-refractivity contribution in [2.45, 2.75) is 19.3 Å². The average molecular weight is 354 g/mol. The lowest BCUT2D eigenvalue weighted by atomic mass is 10.1. The molecule has 1 fully saturated rings. The molecule has 25 heavy (non-hydrogen) atoms. The van der Waals surface area contributed by atoms with Gasteiger partial charge >= 0.3 is 0 Å². The Hall–Kier alpha value is -2.66. The molecular formula is C19H16ClN3O2. The zero-order valence-electron chi connectivity index (χ0n) is 13.6. The highest BCUT2D eigenvalue weighted by Gasteiger charge is 2.35. The molecule has 1 atom stereocenters. The molecule has 3 aromatic rings. The fourth-order valence-electron chi connectivity index (χ4n) is 2.96. The van der Waals surface area contributed by atoms with Crippen LogP contribution in [0.4, 0.5) is 5.69 Å². The minimum absolute atomic E-state index is 0.0695. The van der Waals surface area contributed by atoms with Gasteiger partial charge in [-0.1, -0.05) is 34.5 Å². The SMILES string of the molecule is Cc1ccc(N2CC(c3nc(-c4ccc(Cl)cc4)no3)CC2=O)cc1. The molecule has 0 bridgehead atoms. The number of nitrogens with zero attached hydrogens (tertiary/aromatic N) is 3. The van der Waals surface area contributed by atoms with Crippen molar-refractivity contribution in [3.05, 3.63) is 65.0 Å². The predicted octanol–water partition coefficient (Wildman–Crippen LogP) is 4.22. The van der Waals surface area contributed by atoms with E-state index in [0.29, 0.717) is 29.7 Å². The summed E-state index contributed by atoms with van der Waals surface area (Å²) in [6.07, 6.45) is 0.371. The van der Waals surface area contributed by atoms with Crippen molar-refractivity contribution in [1.82, 2.24) is 10.1 Å². The normalized spacial score (nSPS) is 17.3. The zero-order chi connectivity index (χ0) is 17.4. The number of halogens is 1. The van der Waals surface area contributed by atoms with Crippen LogP contribution >= 0.6 is 11.6 Å². The van der Waals surface area contributed by atoms with Crippen LogP contribution in [-0.2, 0) is 4.79 Å².